The monoisotopic (exact) mass is 229 g/mol. The van der Waals surface area contributed by atoms with Crippen molar-refractivity contribution in [1.29, 1.82) is 0 Å². The van der Waals surface area contributed by atoms with Crippen molar-refractivity contribution in [2.24, 2.45) is 0 Å². The lowest BCUT2D eigenvalue weighted by molar-refractivity contribution is -0.0152. The molecule has 0 aromatic carbocycles. The van der Waals surface area contributed by atoms with E-state index in [9.17, 15) is 0 Å². The van der Waals surface area contributed by atoms with Crippen molar-refractivity contribution in [2.75, 3.05) is 18.1 Å². The van der Waals surface area contributed by atoms with Crippen molar-refractivity contribution in [3.05, 3.63) is 0 Å². The van der Waals surface area contributed by atoms with Crippen molar-refractivity contribution >= 4 is 11.8 Å². The Hall–Kier alpha value is 0.270. The summed E-state index contributed by atoms with van der Waals surface area (Å²) in [6.45, 7) is 5.45. The highest BCUT2D eigenvalue weighted by molar-refractivity contribution is 7.99. The van der Waals surface area contributed by atoms with E-state index in [0.29, 0.717) is 6.10 Å². The van der Waals surface area contributed by atoms with Gasteiger partial charge in [0.2, 0.25) is 0 Å². The summed E-state index contributed by atoms with van der Waals surface area (Å²) >= 11 is 2.09. The zero-order valence-corrected chi connectivity index (χ0v) is 10.7. The molecule has 0 bridgehead atoms. The minimum atomic E-state index is 0.120. The van der Waals surface area contributed by atoms with Crippen molar-refractivity contribution < 1.29 is 4.74 Å². The van der Waals surface area contributed by atoms with Crippen LogP contribution in [0.15, 0.2) is 0 Å². The first-order valence-corrected chi connectivity index (χ1v) is 7.30. The number of thioether (sulfide) groups is 1. The average Bonchev–Trinajstić information content (AvgIpc) is 2.57. The molecule has 2 fully saturated rings. The topological polar surface area (TPSA) is 21.3 Å². The van der Waals surface area contributed by atoms with Gasteiger partial charge in [-0.3, -0.25) is 0 Å². The second-order valence-electron chi connectivity index (χ2n) is 5.33. The number of rotatable bonds is 3. The van der Waals surface area contributed by atoms with Crippen LogP contribution in [0.25, 0.3) is 0 Å². The Morgan fingerprint density at radius 3 is 2.60 bits per heavy atom. The predicted octanol–water partition coefficient (Wildman–Crippen LogP) is 2.43. The van der Waals surface area contributed by atoms with Crippen LogP contribution < -0.4 is 5.32 Å². The van der Waals surface area contributed by atoms with Crippen molar-refractivity contribution in [3.8, 4) is 0 Å². The van der Waals surface area contributed by atoms with E-state index in [4.69, 9.17) is 4.74 Å². The Bertz CT molecular complexity index is 202. The van der Waals surface area contributed by atoms with E-state index in [-0.39, 0.29) is 5.60 Å². The number of ether oxygens (including phenoxy) is 1. The summed E-state index contributed by atoms with van der Waals surface area (Å²) in [6, 6.07) is 0.749. The molecule has 15 heavy (non-hydrogen) atoms. The van der Waals surface area contributed by atoms with Gasteiger partial charge in [-0.2, -0.15) is 11.8 Å². The third kappa shape index (κ3) is 3.65. The molecule has 2 nitrogen and oxygen atoms in total. The van der Waals surface area contributed by atoms with E-state index >= 15 is 0 Å². The van der Waals surface area contributed by atoms with Gasteiger partial charge in [0.25, 0.3) is 0 Å². The van der Waals surface area contributed by atoms with Crippen molar-refractivity contribution in [1.82, 2.24) is 5.32 Å². The van der Waals surface area contributed by atoms with Crippen LogP contribution in [0, 0.1) is 0 Å². The third-order valence-corrected chi connectivity index (χ3v) is 4.46. The van der Waals surface area contributed by atoms with Gasteiger partial charge < -0.3 is 10.1 Å². The number of hydrogen-bond donors (Lipinski definition) is 1. The average molecular weight is 229 g/mol. The molecule has 2 rings (SSSR count). The van der Waals surface area contributed by atoms with Gasteiger partial charge in [0.05, 0.1) is 11.7 Å². The fourth-order valence-corrected chi connectivity index (χ4v) is 3.53. The summed E-state index contributed by atoms with van der Waals surface area (Å²) in [5, 5.41) is 3.66. The van der Waals surface area contributed by atoms with Crippen LogP contribution in [0.1, 0.15) is 39.5 Å². The first-order valence-electron chi connectivity index (χ1n) is 6.15. The van der Waals surface area contributed by atoms with Gasteiger partial charge in [-0.15, -0.1) is 0 Å². The summed E-state index contributed by atoms with van der Waals surface area (Å²) in [7, 11) is 0. The molecular weight excluding hydrogens is 206 g/mol. The summed E-state index contributed by atoms with van der Waals surface area (Å²) < 4.78 is 5.97. The lowest BCUT2D eigenvalue weighted by Gasteiger charge is -2.25. The summed E-state index contributed by atoms with van der Waals surface area (Å²) in [5.74, 6) is 2.66. The van der Waals surface area contributed by atoms with E-state index in [2.05, 4.69) is 30.9 Å². The molecule has 1 N–H and O–H groups in total. The Labute approximate surface area is 97.5 Å². The first kappa shape index (κ1) is 11.7. The van der Waals surface area contributed by atoms with Gasteiger partial charge in [-0.05, 0) is 51.0 Å². The maximum Gasteiger partial charge on any atom is 0.0707 e. The molecular formula is C12H23NOS. The lowest BCUT2D eigenvalue weighted by Crippen LogP contribution is -2.38. The quantitative estimate of drug-likeness (QED) is 0.803. The Kier molecular flexibility index (Phi) is 3.97. The summed E-state index contributed by atoms with van der Waals surface area (Å²) in [6.07, 6.45) is 5.55. The fourth-order valence-electron chi connectivity index (χ4n) is 2.42. The van der Waals surface area contributed by atoms with Crippen LogP contribution in [0.4, 0.5) is 0 Å². The van der Waals surface area contributed by atoms with E-state index < -0.39 is 0 Å². The summed E-state index contributed by atoms with van der Waals surface area (Å²) in [5.41, 5.74) is 0.120. The highest BCUT2D eigenvalue weighted by Gasteiger charge is 2.31. The lowest BCUT2D eigenvalue weighted by atomic mass is 10.1. The van der Waals surface area contributed by atoms with Gasteiger partial charge in [0.15, 0.2) is 0 Å². The van der Waals surface area contributed by atoms with Crippen molar-refractivity contribution in [3.63, 3.8) is 0 Å². The first-order chi connectivity index (χ1) is 7.16. The van der Waals surface area contributed by atoms with E-state index in [1.54, 1.807) is 0 Å². The second-order valence-corrected chi connectivity index (χ2v) is 6.56. The van der Waals surface area contributed by atoms with Gasteiger partial charge in [-0.25, -0.2) is 0 Å². The maximum atomic E-state index is 5.97. The largest absolute Gasteiger partial charge is 0.371 e. The minimum absolute atomic E-state index is 0.120. The number of hydrogen-bond acceptors (Lipinski definition) is 3. The smallest absolute Gasteiger partial charge is 0.0707 e. The van der Waals surface area contributed by atoms with E-state index in [0.717, 1.165) is 12.6 Å². The normalized spacial score (nSPS) is 32.0. The van der Waals surface area contributed by atoms with E-state index in [1.807, 2.05) is 0 Å². The van der Waals surface area contributed by atoms with Gasteiger partial charge in [0, 0.05) is 12.6 Å². The SMILES string of the molecule is CC1(C)CCC(CNC2CCSCC2)O1. The van der Waals surface area contributed by atoms with Crippen LogP contribution in [0.5, 0.6) is 0 Å². The Morgan fingerprint density at radius 1 is 1.27 bits per heavy atom. The molecule has 3 heteroatoms. The van der Waals surface area contributed by atoms with Crippen LogP contribution in [-0.4, -0.2) is 35.8 Å². The highest BCUT2D eigenvalue weighted by atomic mass is 32.2. The zero-order valence-electron chi connectivity index (χ0n) is 9.92. The van der Waals surface area contributed by atoms with Gasteiger partial charge in [-0.1, -0.05) is 0 Å². The standard InChI is InChI=1S/C12H23NOS/c1-12(2)6-3-11(14-12)9-13-10-4-7-15-8-5-10/h10-11,13H,3-9H2,1-2H3. The fraction of sp³-hybridized carbons (Fsp3) is 1.00. The van der Waals surface area contributed by atoms with E-state index in [1.165, 1.54) is 37.2 Å². The van der Waals surface area contributed by atoms with Crippen LogP contribution in [0.3, 0.4) is 0 Å². The van der Waals surface area contributed by atoms with Gasteiger partial charge in [0.1, 0.15) is 0 Å². The van der Waals surface area contributed by atoms with Crippen molar-refractivity contribution in [2.45, 2.75) is 57.3 Å². The molecule has 0 aliphatic carbocycles. The Balaban J connectivity index is 1.65. The molecule has 2 aliphatic heterocycles. The van der Waals surface area contributed by atoms with Crippen LogP contribution in [0.2, 0.25) is 0 Å². The molecule has 0 saturated carbocycles. The highest BCUT2D eigenvalue weighted by Crippen LogP contribution is 2.29. The molecule has 0 aromatic heterocycles. The molecule has 0 spiro atoms. The number of nitrogens with one attached hydrogen (secondary N) is 1. The molecule has 2 aliphatic rings. The minimum Gasteiger partial charge on any atom is -0.371 e. The molecule has 0 radical (unpaired) electrons. The van der Waals surface area contributed by atoms with Gasteiger partial charge >= 0.3 is 0 Å². The second kappa shape index (κ2) is 5.07. The molecule has 88 valence electrons. The van der Waals surface area contributed by atoms with Crippen LogP contribution >= 0.6 is 11.8 Å². The Morgan fingerprint density at radius 2 is 2.00 bits per heavy atom. The molecule has 0 amide bonds. The molecule has 1 atom stereocenters. The molecule has 1 unspecified atom stereocenters. The maximum absolute atomic E-state index is 5.97. The molecule has 2 saturated heterocycles. The van der Waals surface area contributed by atoms with Crippen LogP contribution in [-0.2, 0) is 4.74 Å². The molecule has 2 heterocycles. The zero-order chi connectivity index (χ0) is 10.7. The third-order valence-electron chi connectivity index (χ3n) is 3.41. The predicted molar refractivity (Wildman–Crippen MR) is 66.5 cm³/mol. The molecule has 0 aromatic rings. The summed E-state index contributed by atoms with van der Waals surface area (Å²) in [4.78, 5) is 0.